The first kappa shape index (κ1) is 18.9. The van der Waals surface area contributed by atoms with E-state index in [1.54, 1.807) is 26.5 Å². The summed E-state index contributed by atoms with van der Waals surface area (Å²) >= 11 is 0. The Kier molecular flexibility index (Phi) is 6.46. The third-order valence-corrected chi connectivity index (χ3v) is 4.73. The molecule has 2 aromatic rings. The Labute approximate surface area is 159 Å². The number of methoxy groups -OCH3 is 2. The van der Waals surface area contributed by atoms with Gasteiger partial charge in [0.25, 0.3) is 5.91 Å². The molecule has 0 saturated heterocycles. The average molecular weight is 370 g/mol. The van der Waals surface area contributed by atoms with Crippen molar-refractivity contribution in [2.75, 3.05) is 19.5 Å². The van der Waals surface area contributed by atoms with Crippen LogP contribution in [-0.4, -0.2) is 36.1 Å². The Balaban J connectivity index is 1.60. The van der Waals surface area contributed by atoms with Gasteiger partial charge < -0.3 is 20.1 Å². The summed E-state index contributed by atoms with van der Waals surface area (Å²) in [5.74, 6) is 1.56. The Morgan fingerprint density at radius 3 is 2.63 bits per heavy atom. The van der Waals surface area contributed by atoms with E-state index in [1.807, 2.05) is 18.2 Å². The van der Waals surface area contributed by atoms with E-state index in [9.17, 15) is 4.79 Å². The Morgan fingerprint density at radius 2 is 1.89 bits per heavy atom. The molecule has 0 radical (unpaired) electrons. The van der Waals surface area contributed by atoms with Gasteiger partial charge in [0.1, 0.15) is 5.69 Å². The fourth-order valence-corrected chi connectivity index (χ4v) is 3.25. The minimum atomic E-state index is -0.237. The topological polar surface area (TPSA) is 85.4 Å². The lowest BCUT2D eigenvalue weighted by Gasteiger charge is -2.22. The molecule has 1 aliphatic rings. The summed E-state index contributed by atoms with van der Waals surface area (Å²) in [6.45, 7) is 0.370. The van der Waals surface area contributed by atoms with E-state index in [0.717, 1.165) is 18.4 Å². The van der Waals surface area contributed by atoms with Gasteiger partial charge in [-0.05, 0) is 36.6 Å². The van der Waals surface area contributed by atoms with Crippen molar-refractivity contribution < 1.29 is 14.3 Å². The van der Waals surface area contributed by atoms with Gasteiger partial charge >= 0.3 is 0 Å². The van der Waals surface area contributed by atoms with E-state index in [1.165, 1.54) is 19.3 Å². The maximum absolute atomic E-state index is 12.5. The second-order valence-electron chi connectivity index (χ2n) is 6.62. The van der Waals surface area contributed by atoms with Crippen LogP contribution in [0.4, 0.5) is 5.95 Å². The van der Waals surface area contributed by atoms with Crippen molar-refractivity contribution in [3.8, 4) is 11.5 Å². The lowest BCUT2D eigenvalue weighted by molar-refractivity contribution is 0.0946. The molecule has 7 heteroatoms. The van der Waals surface area contributed by atoms with Crippen molar-refractivity contribution in [3.63, 3.8) is 0 Å². The number of anilines is 1. The van der Waals surface area contributed by atoms with Crippen LogP contribution in [0.3, 0.4) is 0 Å². The van der Waals surface area contributed by atoms with E-state index in [4.69, 9.17) is 9.47 Å². The zero-order valence-electron chi connectivity index (χ0n) is 15.8. The maximum Gasteiger partial charge on any atom is 0.270 e. The molecule has 1 saturated carbocycles. The molecular weight excluding hydrogens is 344 g/mol. The summed E-state index contributed by atoms with van der Waals surface area (Å²) in [6, 6.07) is 7.56. The van der Waals surface area contributed by atoms with Crippen molar-refractivity contribution in [2.45, 2.75) is 44.7 Å². The highest BCUT2D eigenvalue weighted by Gasteiger charge is 2.15. The zero-order chi connectivity index (χ0) is 19.1. The number of amides is 1. The summed E-state index contributed by atoms with van der Waals surface area (Å²) in [4.78, 5) is 21.1. The van der Waals surface area contributed by atoms with Crippen molar-refractivity contribution in [2.24, 2.45) is 0 Å². The van der Waals surface area contributed by atoms with Crippen molar-refractivity contribution >= 4 is 11.9 Å². The highest BCUT2D eigenvalue weighted by atomic mass is 16.5. The molecule has 0 atom stereocenters. The number of aromatic nitrogens is 2. The molecule has 1 aromatic carbocycles. The summed E-state index contributed by atoms with van der Waals surface area (Å²) < 4.78 is 10.5. The number of rotatable bonds is 7. The van der Waals surface area contributed by atoms with Gasteiger partial charge in [-0.15, -0.1) is 0 Å². The van der Waals surface area contributed by atoms with Crippen LogP contribution >= 0.6 is 0 Å². The molecule has 144 valence electrons. The number of carbonyl (C=O) groups excluding carboxylic acids is 1. The predicted octanol–water partition coefficient (Wildman–Crippen LogP) is 3.17. The Morgan fingerprint density at radius 1 is 1.11 bits per heavy atom. The lowest BCUT2D eigenvalue weighted by Crippen LogP contribution is -2.26. The number of carbonyl (C=O) groups is 1. The van der Waals surface area contributed by atoms with Gasteiger partial charge in [0.05, 0.1) is 14.2 Å². The van der Waals surface area contributed by atoms with Gasteiger partial charge in [-0.3, -0.25) is 4.79 Å². The van der Waals surface area contributed by atoms with Crippen LogP contribution in [0, 0.1) is 0 Å². The summed E-state index contributed by atoms with van der Waals surface area (Å²) in [7, 11) is 3.18. The molecule has 7 nitrogen and oxygen atoms in total. The van der Waals surface area contributed by atoms with Crippen LogP contribution < -0.4 is 20.1 Å². The number of benzene rings is 1. The van der Waals surface area contributed by atoms with Crippen molar-refractivity contribution in [3.05, 3.63) is 41.7 Å². The summed E-state index contributed by atoms with van der Waals surface area (Å²) in [6.07, 6.45) is 7.60. The number of nitrogens with one attached hydrogen (secondary N) is 2. The van der Waals surface area contributed by atoms with E-state index < -0.39 is 0 Å². The number of ether oxygens (including phenoxy) is 2. The first-order chi connectivity index (χ1) is 13.2. The molecule has 0 spiro atoms. The maximum atomic E-state index is 12.5. The highest BCUT2D eigenvalue weighted by Crippen LogP contribution is 2.27. The molecule has 1 fully saturated rings. The normalized spacial score (nSPS) is 14.4. The van der Waals surface area contributed by atoms with Crippen molar-refractivity contribution in [1.29, 1.82) is 0 Å². The van der Waals surface area contributed by atoms with Gasteiger partial charge in [0, 0.05) is 18.8 Å². The van der Waals surface area contributed by atoms with Gasteiger partial charge in [0.2, 0.25) is 5.95 Å². The largest absolute Gasteiger partial charge is 0.493 e. The molecule has 1 amide bonds. The van der Waals surface area contributed by atoms with Crippen molar-refractivity contribution in [1.82, 2.24) is 15.3 Å². The van der Waals surface area contributed by atoms with Gasteiger partial charge in [0.15, 0.2) is 11.5 Å². The summed E-state index contributed by atoms with van der Waals surface area (Å²) in [5.41, 5.74) is 1.26. The molecule has 3 rings (SSSR count). The van der Waals surface area contributed by atoms with E-state index in [0.29, 0.717) is 35.7 Å². The fourth-order valence-electron chi connectivity index (χ4n) is 3.25. The quantitative estimate of drug-likeness (QED) is 0.779. The molecule has 0 aliphatic heterocycles. The van der Waals surface area contributed by atoms with Gasteiger partial charge in [-0.1, -0.05) is 25.3 Å². The van der Waals surface area contributed by atoms with Crippen LogP contribution in [0.1, 0.15) is 48.2 Å². The average Bonchev–Trinajstić information content (AvgIpc) is 2.72. The molecule has 0 bridgehead atoms. The number of nitrogens with zero attached hydrogens (tertiary/aromatic N) is 2. The number of hydrogen-bond acceptors (Lipinski definition) is 6. The molecule has 2 N–H and O–H groups in total. The van der Waals surface area contributed by atoms with Gasteiger partial charge in [-0.25, -0.2) is 9.97 Å². The standard InChI is InChI=1S/C20H26N4O3/c1-26-17-9-8-14(12-18(17)27-2)13-22-19(25)16-10-11-21-20(24-16)23-15-6-4-3-5-7-15/h8-12,15H,3-7,13H2,1-2H3,(H,22,25)(H,21,23,24). The molecule has 1 heterocycles. The Hall–Kier alpha value is -2.83. The first-order valence-electron chi connectivity index (χ1n) is 9.28. The monoisotopic (exact) mass is 370 g/mol. The van der Waals surface area contributed by atoms with E-state index >= 15 is 0 Å². The molecule has 0 unspecified atom stereocenters. The highest BCUT2D eigenvalue weighted by molar-refractivity contribution is 5.92. The minimum absolute atomic E-state index is 0.237. The smallest absolute Gasteiger partial charge is 0.270 e. The lowest BCUT2D eigenvalue weighted by atomic mass is 9.96. The van der Waals surface area contributed by atoms with Crippen LogP contribution in [-0.2, 0) is 6.54 Å². The Bertz CT molecular complexity index is 776. The van der Waals surface area contributed by atoms with Crippen LogP contribution in [0.5, 0.6) is 11.5 Å². The second kappa shape index (κ2) is 9.21. The van der Waals surface area contributed by atoms with E-state index in [-0.39, 0.29) is 5.91 Å². The minimum Gasteiger partial charge on any atom is -0.493 e. The number of hydrogen-bond donors (Lipinski definition) is 2. The van der Waals surface area contributed by atoms with E-state index in [2.05, 4.69) is 20.6 Å². The van der Waals surface area contributed by atoms with Crippen LogP contribution in [0.15, 0.2) is 30.5 Å². The SMILES string of the molecule is COc1ccc(CNC(=O)c2ccnc(NC3CCCCC3)n2)cc1OC. The molecule has 27 heavy (non-hydrogen) atoms. The fraction of sp³-hybridized carbons (Fsp3) is 0.450. The third-order valence-electron chi connectivity index (χ3n) is 4.73. The first-order valence-corrected chi connectivity index (χ1v) is 9.28. The second-order valence-corrected chi connectivity index (χ2v) is 6.62. The van der Waals surface area contributed by atoms with Crippen LogP contribution in [0.2, 0.25) is 0 Å². The van der Waals surface area contributed by atoms with Crippen LogP contribution in [0.25, 0.3) is 0 Å². The molecule has 1 aromatic heterocycles. The van der Waals surface area contributed by atoms with Gasteiger partial charge in [-0.2, -0.15) is 0 Å². The summed E-state index contributed by atoms with van der Waals surface area (Å²) in [5, 5.41) is 6.23. The molecular formula is C20H26N4O3. The third kappa shape index (κ3) is 5.09. The predicted molar refractivity (Wildman–Crippen MR) is 103 cm³/mol. The molecule has 1 aliphatic carbocycles. The zero-order valence-corrected chi connectivity index (χ0v) is 15.8.